The van der Waals surface area contributed by atoms with Gasteiger partial charge in [0.1, 0.15) is 12.4 Å². The molecule has 3 nitrogen and oxygen atoms in total. The van der Waals surface area contributed by atoms with Crippen LogP contribution >= 0.6 is 12.4 Å². The fraction of sp³-hybridized carbons (Fsp3) is 0.556. The number of piperazine rings is 1. The number of hydrogen-bond acceptors (Lipinski definition) is 3. The third-order valence-electron chi connectivity index (χ3n) is 4.15. The van der Waals surface area contributed by atoms with E-state index < -0.39 is 0 Å². The average molecular weight is 325 g/mol. The first-order chi connectivity index (χ1) is 10.1. The summed E-state index contributed by atoms with van der Waals surface area (Å²) in [6.45, 7) is 14.5. The molecule has 0 bridgehead atoms. The van der Waals surface area contributed by atoms with Crippen molar-refractivity contribution in [2.45, 2.75) is 20.3 Å². The zero-order chi connectivity index (χ0) is 15.2. The lowest BCUT2D eigenvalue weighted by atomic mass is 10.0. The van der Waals surface area contributed by atoms with E-state index in [9.17, 15) is 0 Å². The van der Waals surface area contributed by atoms with E-state index in [4.69, 9.17) is 4.74 Å². The summed E-state index contributed by atoms with van der Waals surface area (Å²) in [4.78, 5) is 4.86. The van der Waals surface area contributed by atoms with Gasteiger partial charge in [-0.25, -0.2) is 0 Å². The fourth-order valence-electron chi connectivity index (χ4n) is 2.90. The topological polar surface area (TPSA) is 15.7 Å². The highest BCUT2D eigenvalue weighted by molar-refractivity contribution is 5.85. The molecule has 124 valence electrons. The molecular formula is C18H29ClN2O. The number of aryl methyl sites for hydroxylation is 2. The van der Waals surface area contributed by atoms with Gasteiger partial charge in [-0.2, -0.15) is 0 Å². The van der Waals surface area contributed by atoms with Gasteiger partial charge in [0.25, 0.3) is 0 Å². The van der Waals surface area contributed by atoms with E-state index in [2.05, 4.69) is 49.4 Å². The predicted molar refractivity (Wildman–Crippen MR) is 96.5 cm³/mol. The molecule has 1 aliphatic rings. The van der Waals surface area contributed by atoms with E-state index in [1.807, 2.05) is 6.08 Å². The highest BCUT2D eigenvalue weighted by Gasteiger charge is 2.13. The van der Waals surface area contributed by atoms with Crippen LogP contribution in [0.3, 0.4) is 0 Å². The highest BCUT2D eigenvalue weighted by Crippen LogP contribution is 2.25. The molecule has 4 heteroatoms. The van der Waals surface area contributed by atoms with Gasteiger partial charge in [0, 0.05) is 32.7 Å². The van der Waals surface area contributed by atoms with Crippen LogP contribution in [0.2, 0.25) is 0 Å². The molecule has 0 spiro atoms. The van der Waals surface area contributed by atoms with Gasteiger partial charge in [-0.05, 0) is 44.0 Å². The minimum Gasteiger partial charge on any atom is -0.492 e. The zero-order valence-corrected chi connectivity index (χ0v) is 14.9. The lowest BCUT2D eigenvalue weighted by Crippen LogP contribution is -2.45. The molecule has 1 fully saturated rings. The Kier molecular flexibility index (Phi) is 7.94. The number of rotatable bonds is 6. The second-order valence-electron chi connectivity index (χ2n) is 6.04. The quantitative estimate of drug-likeness (QED) is 0.748. The van der Waals surface area contributed by atoms with Gasteiger partial charge in [0.2, 0.25) is 0 Å². The second-order valence-corrected chi connectivity index (χ2v) is 6.04. The Labute approximate surface area is 141 Å². The summed E-state index contributed by atoms with van der Waals surface area (Å²) in [5, 5.41) is 0. The maximum absolute atomic E-state index is 6.05. The number of nitrogens with zero attached hydrogens (tertiary/aromatic N) is 2. The van der Waals surface area contributed by atoms with Crippen molar-refractivity contribution in [1.82, 2.24) is 9.80 Å². The fourth-order valence-corrected chi connectivity index (χ4v) is 2.90. The van der Waals surface area contributed by atoms with E-state index in [-0.39, 0.29) is 12.4 Å². The van der Waals surface area contributed by atoms with Crippen molar-refractivity contribution < 1.29 is 4.74 Å². The zero-order valence-electron chi connectivity index (χ0n) is 14.1. The molecule has 1 aromatic rings. The lowest BCUT2D eigenvalue weighted by molar-refractivity contribution is 0.133. The van der Waals surface area contributed by atoms with Gasteiger partial charge in [0.05, 0.1) is 0 Å². The van der Waals surface area contributed by atoms with E-state index in [0.29, 0.717) is 0 Å². The Bertz CT molecular complexity index is 459. The third-order valence-corrected chi connectivity index (χ3v) is 4.15. The van der Waals surface area contributed by atoms with Crippen LogP contribution in [0.25, 0.3) is 0 Å². The molecule has 1 saturated heterocycles. The van der Waals surface area contributed by atoms with Crippen molar-refractivity contribution in [2.75, 3.05) is 46.4 Å². The number of benzene rings is 1. The minimum atomic E-state index is 0. The summed E-state index contributed by atoms with van der Waals surface area (Å²) in [5.41, 5.74) is 3.77. The van der Waals surface area contributed by atoms with Gasteiger partial charge < -0.3 is 9.64 Å². The summed E-state index contributed by atoms with van der Waals surface area (Å²) in [7, 11) is 2.19. The molecule has 2 rings (SSSR count). The minimum absolute atomic E-state index is 0. The van der Waals surface area contributed by atoms with Crippen LogP contribution in [-0.2, 0) is 6.42 Å². The first-order valence-electron chi connectivity index (χ1n) is 7.85. The van der Waals surface area contributed by atoms with E-state index in [1.54, 1.807) is 0 Å². The SMILES string of the molecule is C=CCc1cc(C)c(OCCN2CCN(C)CC2)c(C)c1.Cl. The number of halogens is 1. The normalized spacial score (nSPS) is 16.1. The molecular weight excluding hydrogens is 296 g/mol. The number of ether oxygens (including phenoxy) is 1. The van der Waals surface area contributed by atoms with Crippen molar-refractivity contribution in [3.05, 3.63) is 41.5 Å². The second kappa shape index (κ2) is 9.19. The Morgan fingerprint density at radius 3 is 2.27 bits per heavy atom. The molecule has 0 radical (unpaired) electrons. The highest BCUT2D eigenvalue weighted by atomic mass is 35.5. The first-order valence-corrected chi connectivity index (χ1v) is 7.85. The summed E-state index contributed by atoms with van der Waals surface area (Å²) in [5.74, 6) is 1.05. The molecule has 0 aliphatic carbocycles. The maximum Gasteiger partial charge on any atom is 0.125 e. The van der Waals surface area contributed by atoms with Crippen molar-refractivity contribution in [1.29, 1.82) is 0 Å². The number of hydrogen-bond donors (Lipinski definition) is 0. The van der Waals surface area contributed by atoms with E-state index in [0.717, 1.165) is 51.5 Å². The summed E-state index contributed by atoms with van der Waals surface area (Å²) >= 11 is 0. The molecule has 22 heavy (non-hydrogen) atoms. The van der Waals surface area contributed by atoms with Crippen LogP contribution in [0.1, 0.15) is 16.7 Å². The van der Waals surface area contributed by atoms with E-state index >= 15 is 0 Å². The summed E-state index contributed by atoms with van der Waals surface area (Å²) < 4.78 is 6.05. The largest absolute Gasteiger partial charge is 0.492 e. The van der Waals surface area contributed by atoms with Crippen LogP contribution in [0.5, 0.6) is 5.75 Å². The standard InChI is InChI=1S/C18H28N2O.ClH/c1-5-6-17-13-15(2)18(16(3)14-17)21-12-11-20-9-7-19(4)8-10-20;/h5,13-14H,1,6-12H2,2-4H3;1H. The maximum atomic E-state index is 6.05. The van der Waals surface area contributed by atoms with Crippen LogP contribution in [0.15, 0.2) is 24.8 Å². The molecule has 0 unspecified atom stereocenters. The molecule has 0 atom stereocenters. The van der Waals surface area contributed by atoms with Crippen molar-refractivity contribution >= 4 is 12.4 Å². The average Bonchev–Trinajstić information content (AvgIpc) is 2.44. The van der Waals surface area contributed by atoms with Crippen LogP contribution in [0.4, 0.5) is 0 Å². The predicted octanol–water partition coefficient (Wildman–Crippen LogP) is 3.08. The van der Waals surface area contributed by atoms with Gasteiger partial charge in [-0.3, -0.25) is 4.90 Å². The number of allylic oxidation sites excluding steroid dienone is 1. The Morgan fingerprint density at radius 1 is 1.14 bits per heavy atom. The van der Waals surface area contributed by atoms with Crippen molar-refractivity contribution in [3.8, 4) is 5.75 Å². The van der Waals surface area contributed by atoms with Crippen molar-refractivity contribution in [3.63, 3.8) is 0 Å². The van der Waals surface area contributed by atoms with E-state index in [1.165, 1.54) is 16.7 Å². The summed E-state index contributed by atoms with van der Waals surface area (Å²) in [6, 6.07) is 4.42. The third kappa shape index (κ3) is 5.31. The van der Waals surface area contributed by atoms with Gasteiger partial charge in [-0.1, -0.05) is 18.2 Å². The molecule has 1 heterocycles. The van der Waals surface area contributed by atoms with Crippen LogP contribution in [0, 0.1) is 13.8 Å². The molecule has 1 aromatic carbocycles. The lowest BCUT2D eigenvalue weighted by Gasteiger charge is -2.32. The number of likely N-dealkylation sites (N-methyl/N-ethyl adjacent to an activating group) is 1. The Balaban J connectivity index is 0.00000242. The van der Waals surface area contributed by atoms with Gasteiger partial charge in [-0.15, -0.1) is 19.0 Å². The summed E-state index contributed by atoms with van der Waals surface area (Å²) in [6.07, 6.45) is 2.87. The van der Waals surface area contributed by atoms with Crippen molar-refractivity contribution in [2.24, 2.45) is 0 Å². The Morgan fingerprint density at radius 2 is 1.73 bits per heavy atom. The van der Waals surface area contributed by atoms with Gasteiger partial charge >= 0.3 is 0 Å². The molecule has 0 saturated carbocycles. The van der Waals surface area contributed by atoms with Gasteiger partial charge in [0.15, 0.2) is 0 Å². The smallest absolute Gasteiger partial charge is 0.125 e. The first kappa shape index (κ1) is 19.0. The Hall–Kier alpha value is -1.03. The monoisotopic (exact) mass is 324 g/mol. The molecule has 1 aliphatic heterocycles. The molecule has 0 N–H and O–H groups in total. The molecule has 0 aromatic heterocycles. The van der Waals surface area contributed by atoms with Crippen LogP contribution < -0.4 is 4.74 Å². The van der Waals surface area contributed by atoms with Crippen LogP contribution in [-0.4, -0.2) is 56.2 Å². The molecule has 0 amide bonds.